The molecule has 0 amide bonds. The fraction of sp³-hybridized carbons (Fsp3) is 1.00. The second-order valence-corrected chi connectivity index (χ2v) is 2.77. The first-order chi connectivity index (χ1) is 6.06. The van der Waals surface area contributed by atoms with Gasteiger partial charge in [0.05, 0.1) is 33.0 Å². The lowest BCUT2D eigenvalue weighted by atomic mass is 10.3. The number of ether oxygens (including phenoxy) is 2. The van der Waals surface area contributed by atoms with E-state index < -0.39 is 5.92 Å². The SMILES string of the molecule is CC(F)(F)CCOCCOCCO. The smallest absolute Gasteiger partial charge is 0.247 e. The third-order valence-electron chi connectivity index (χ3n) is 1.29. The Balaban J connectivity index is 3.00. The molecule has 0 saturated carbocycles. The molecule has 0 atom stereocenters. The van der Waals surface area contributed by atoms with Gasteiger partial charge in [-0.3, -0.25) is 0 Å². The summed E-state index contributed by atoms with van der Waals surface area (Å²) in [6, 6.07) is 0. The summed E-state index contributed by atoms with van der Waals surface area (Å²) in [5.41, 5.74) is 0. The van der Waals surface area contributed by atoms with Crippen LogP contribution in [0.15, 0.2) is 0 Å². The van der Waals surface area contributed by atoms with Crippen molar-refractivity contribution in [2.24, 2.45) is 0 Å². The number of halogens is 2. The van der Waals surface area contributed by atoms with Gasteiger partial charge < -0.3 is 14.6 Å². The fourth-order valence-electron chi connectivity index (χ4n) is 0.638. The zero-order chi connectivity index (χ0) is 10.2. The average molecular weight is 198 g/mol. The molecular formula is C8H16F2O3. The molecule has 0 radical (unpaired) electrons. The predicted octanol–water partition coefficient (Wildman–Crippen LogP) is 1.06. The highest BCUT2D eigenvalue weighted by molar-refractivity contribution is 4.55. The van der Waals surface area contributed by atoms with Crippen LogP contribution in [0.4, 0.5) is 8.78 Å². The first kappa shape index (κ1) is 12.7. The van der Waals surface area contributed by atoms with Crippen LogP contribution in [0.5, 0.6) is 0 Å². The molecule has 0 bridgehead atoms. The number of hydrogen-bond acceptors (Lipinski definition) is 3. The molecule has 0 aliphatic carbocycles. The van der Waals surface area contributed by atoms with Crippen LogP contribution in [-0.4, -0.2) is 44.1 Å². The number of aliphatic hydroxyl groups excluding tert-OH is 1. The Morgan fingerprint density at radius 2 is 1.62 bits per heavy atom. The molecule has 80 valence electrons. The van der Waals surface area contributed by atoms with Gasteiger partial charge in [0.1, 0.15) is 0 Å². The van der Waals surface area contributed by atoms with Crippen LogP contribution in [0.1, 0.15) is 13.3 Å². The highest BCUT2D eigenvalue weighted by Crippen LogP contribution is 2.15. The zero-order valence-corrected chi connectivity index (χ0v) is 7.76. The topological polar surface area (TPSA) is 38.7 Å². The van der Waals surface area contributed by atoms with Gasteiger partial charge in [-0.05, 0) is 6.92 Å². The molecule has 0 aromatic carbocycles. The monoisotopic (exact) mass is 198 g/mol. The molecule has 0 spiro atoms. The molecule has 1 N–H and O–H groups in total. The molecule has 0 aliphatic heterocycles. The highest BCUT2D eigenvalue weighted by atomic mass is 19.3. The lowest BCUT2D eigenvalue weighted by molar-refractivity contribution is -0.0272. The molecule has 3 nitrogen and oxygen atoms in total. The van der Waals surface area contributed by atoms with Crippen molar-refractivity contribution < 1.29 is 23.4 Å². The van der Waals surface area contributed by atoms with E-state index >= 15 is 0 Å². The van der Waals surface area contributed by atoms with E-state index in [1.54, 1.807) is 0 Å². The van der Waals surface area contributed by atoms with Gasteiger partial charge in [-0.15, -0.1) is 0 Å². The van der Waals surface area contributed by atoms with E-state index in [0.29, 0.717) is 6.61 Å². The van der Waals surface area contributed by atoms with E-state index in [2.05, 4.69) is 0 Å². The van der Waals surface area contributed by atoms with Crippen molar-refractivity contribution in [1.82, 2.24) is 0 Å². The summed E-state index contributed by atoms with van der Waals surface area (Å²) in [6.45, 7) is 1.73. The van der Waals surface area contributed by atoms with E-state index in [9.17, 15) is 8.78 Å². The summed E-state index contributed by atoms with van der Waals surface area (Å²) >= 11 is 0. The number of aliphatic hydroxyl groups is 1. The Morgan fingerprint density at radius 3 is 2.08 bits per heavy atom. The molecule has 13 heavy (non-hydrogen) atoms. The molecule has 0 aromatic rings. The van der Waals surface area contributed by atoms with Gasteiger partial charge in [0.25, 0.3) is 0 Å². The largest absolute Gasteiger partial charge is 0.394 e. The van der Waals surface area contributed by atoms with E-state index in [4.69, 9.17) is 14.6 Å². The zero-order valence-electron chi connectivity index (χ0n) is 7.76. The Kier molecular flexibility index (Phi) is 7.03. The van der Waals surface area contributed by atoms with E-state index in [1.807, 2.05) is 0 Å². The van der Waals surface area contributed by atoms with Gasteiger partial charge in [0.2, 0.25) is 5.92 Å². The number of rotatable bonds is 8. The summed E-state index contributed by atoms with van der Waals surface area (Å²) in [6.07, 6.45) is -0.271. The maximum absolute atomic E-state index is 12.2. The lowest BCUT2D eigenvalue weighted by Crippen LogP contribution is -2.15. The van der Waals surface area contributed by atoms with Crippen molar-refractivity contribution >= 4 is 0 Å². The Bertz CT molecular complexity index is 114. The summed E-state index contributed by atoms with van der Waals surface area (Å²) in [5.74, 6) is -2.66. The van der Waals surface area contributed by atoms with E-state index in [1.165, 1.54) is 0 Å². The van der Waals surface area contributed by atoms with Crippen LogP contribution in [-0.2, 0) is 9.47 Å². The van der Waals surface area contributed by atoms with Crippen LogP contribution in [0.2, 0.25) is 0 Å². The second-order valence-electron chi connectivity index (χ2n) is 2.77. The molecule has 5 heteroatoms. The predicted molar refractivity (Wildman–Crippen MR) is 44.0 cm³/mol. The first-order valence-electron chi connectivity index (χ1n) is 4.20. The van der Waals surface area contributed by atoms with Crippen molar-refractivity contribution in [3.05, 3.63) is 0 Å². The lowest BCUT2D eigenvalue weighted by Gasteiger charge is -2.09. The molecule has 0 aromatic heterocycles. The standard InChI is InChI=1S/C8H16F2O3/c1-8(9,10)2-4-12-6-7-13-5-3-11/h11H,2-7H2,1H3. The van der Waals surface area contributed by atoms with Gasteiger partial charge in [-0.25, -0.2) is 8.78 Å². The third kappa shape index (κ3) is 11.7. The molecular weight excluding hydrogens is 182 g/mol. The number of hydrogen-bond donors (Lipinski definition) is 1. The minimum absolute atomic E-state index is 0.0337. The van der Waals surface area contributed by atoms with Crippen molar-refractivity contribution in [2.75, 3.05) is 33.0 Å². The first-order valence-corrected chi connectivity index (χ1v) is 4.20. The van der Waals surface area contributed by atoms with Crippen LogP contribution in [0.3, 0.4) is 0 Å². The van der Waals surface area contributed by atoms with Crippen molar-refractivity contribution in [2.45, 2.75) is 19.3 Å². The van der Waals surface area contributed by atoms with Crippen molar-refractivity contribution in [3.8, 4) is 0 Å². The third-order valence-corrected chi connectivity index (χ3v) is 1.29. The van der Waals surface area contributed by atoms with E-state index in [-0.39, 0.29) is 32.8 Å². The molecule has 0 rings (SSSR count). The van der Waals surface area contributed by atoms with Gasteiger partial charge in [-0.2, -0.15) is 0 Å². The van der Waals surface area contributed by atoms with Crippen LogP contribution >= 0.6 is 0 Å². The van der Waals surface area contributed by atoms with E-state index in [0.717, 1.165) is 6.92 Å². The molecule has 0 fully saturated rings. The van der Waals surface area contributed by atoms with Crippen molar-refractivity contribution in [3.63, 3.8) is 0 Å². The van der Waals surface area contributed by atoms with Gasteiger partial charge >= 0.3 is 0 Å². The van der Waals surface area contributed by atoms with Gasteiger partial charge in [0.15, 0.2) is 0 Å². The van der Waals surface area contributed by atoms with Gasteiger partial charge in [-0.1, -0.05) is 0 Å². The quantitative estimate of drug-likeness (QED) is 0.593. The Labute approximate surface area is 76.6 Å². The summed E-state index contributed by atoms with van der Waals surface area (Å²) < 4.78 is 34.1. The fourth-order valence-corrected chi connectivity index (χ4v) is 0.638. The summed E-state index contributed by atoms with van der Waals surface area (Å²) in [7, 11) is 0. The van der Waals surface area contributed by atoms with Crippen LogP contribution in [0.25, 0.3) is 0 Å². The van der Waals surface area contributed by atoms with Gasteiger partial charge in [0, 0.05) is 6.42 Å². The Hall–Kier alpha value is -0.260. The highest BCUT2D eigenvalue weighted by Gasteiger charge is 2.19. The molecule has 0 unspecified atom stereocenters. The number of alkyl halides is 2. The maximum Gasteiger partial charge on any atom is 0.247 e. The maximum atomic E-state index is 12.2. The summed E-state index contributed by atoms with van der Waals surface area (Å²) in [4.78, 5) is 0. The second kappa shape index (κ2) is 7.17. The van der Waals surface area contributed by atoms with Crippen LogP contribution in [0, 0.1) is 0 Å². The molecule has 0 aliphatic rings. The minimum atomic E-state index is -2.66. The molecule has 0 saturated heterocycles. The van der Waals surface area contributed by atoms with Crippen LogP contribution < -0.4 is 0 Å². The average Bonchev–Trinajstić information content (AvgIpc) is 2.01. The normalized spacial score (nSPS) is 12.0. The minimum Gasteiger partial charge on any atom is -0.394 e. The molecule has 0 heterocycles. The Morgan fingerprint density at radius 1 is 1.08 bits per heavy atom. The van der Waals surface area contributed by atoms with Crippen molar-refractivity contribution in [1.29, 1.82) is 0 Å². The summed E-state index contributed by atoms with van der Waals surface area (Å²) in [5, 5.41) is 8.31.